The van der Waals surface area contributed by atoms with E-state index >= 15 is 0 Å². The molecular weight excluding hydrogens is 286 g/mol. The Balaban J connectivity index is 1.93. The number of rotatable bonds is 5. The zero-order valence-electron chi connectivity index (χ0n) is 12.1. The van der Waals surface area contributed by atoms with Crippen LogP contribution < -0.4 is 5.32 Å². The fourth-order valence-corrected chi connectivity index (χ4v) is 2.42. The molecule has 0 aliphatic heterocycles. The fraction of sp³-hybridized carbons (Fsp3) is 0.250. The van der Waals surface area contributed by atoms with Crippen LogP contribution in [0.1, 0.15) is 25.9 Å². The van der Waals surface area contributed by atoms with Gasteiger partial charge in [-0.1, -0.05) is 30.7 Å². The van der Waals surface area contributed by atoms with Crippen molar-refractivity contribution < 1.29 is 8.78 Å². The van der Waals surface area contributed by atoms with Gasteiger partial charge >= 0.3 is 0 Å². The third-order valence-electron chi connectivity index (χ3n) is 3.49. The molecule has 0 fully saturated rings. The van der Waals surface area contributed by atoms with Crippen LogP contribution in [0.4, 0.5) is 14.5 Å². The predicted molar refractivity (Wildman–Crippen MR) is 81.5 cm³/mol. The number of hydrogen-bond donors (Lipinski definition) is 1. The predicted octanol–water partition coefficient (Wildman–Crippen LogP) is 4.12. The first-order chi connectivity index (χ1) is 10.7. The lowest BCUT2D eigenvalue weighted by Gasteiger charge is -2.20. The standard InChI is InChI=1S/C16H16F2N4/c1-2-5-16(19-11-8-9-12(17)13(18)10-11)22-15-7-4-3-6-14(15)20-21-22/h3-4,6-10,16,19H,2,5H2,1H3. The molecule has 0 aliphatic rings. The van der Waals surface area contributed by atoms with Gasteiger partial charge in [0.2, 0.25) is 0 Å². The zero-order valence-corrected chi connectivity index (χ0v) is 12.1. The Hall–Kier alpha value is -2.50. The molecule has 3 rings (SSSR count). The number of para-hydroxylation sites is 1. The van der Waals surface area contributed by atoms with Gasteiger partial charge in [-0.05, 0) is 30.7 Å². The average molecular weight is 302 g/mol. The smallest absolute Gasteiger partial charge is 0.160 e. The van der Waals surface area contributed by atoms with Crippen molar-refractivity contribution in [3.8, 4) is 0 Å². The lowest BCUT2D eigenvalue weighted by molar-refractivity contribution is 0.465. The number of nitrogens with one attached hydrogen (secondary N) is 1. The van der Waals surface area contributed by atoms with Gasteiger partial charge in [-0.2, -0.15) is 0 Å². The molecule has 0 spiro atoms. The Bertz CT molecular complexity index is 785. The van der Waals surface area contributed by atoms with Gasteiger partial charge in [-0.3, -0.25) is 0 Å². The highest BCUT2D eigenvalue weighted by molar-refractivity contribution is 5.74. The zero-order chi connectivity index (χ0) is 15.5. The highest BCUT2D eigenvalue weighted by atomic mass is 19.2. The highest BCUT2D eigenvalue weighted by Crippen LogP contribution is 2.23. The van der Waals surface area contributed by atoms with Crippen LogP contribution in [0, 0.1) is 11.6 Å². The minimum atomic E-state index is -0.872. The Morgan fingerprint density at radius 1 is 1.14 bits per heavy atom. The van der Waals surface area contributed by atoms with Crippen molar-refractivity contribution >= 4 is 16.7 Å². The number of hydrogen-bond acceptors (Lipinski definition) is 3. The van der Waals surface area contributed by atoms with E-state index in [2.05, 4.69) is 22.6 Å². The molecule has 0 saturated carbocycles. The minimum absolute atomic E-state index is 0.178. The van der Waals surface area contributed by atoms with Crippen LogP contribution in [0.2, 0.25) is 0 Å². The van der Waals surface area contributed by atoms with Crippen LogP contribution in [0.15, 0.2) is 42.5 Å². The van der Waals surface area contributed by atoms with Gasteiger partial charge < -0.3 is 5.32 Å². The molecule has 4 nitrogen and oxygen atoms in total. The van der Waals surface area contributed by atoms with Crippen molar-refractivity contribution in [2.45, 2.75) is 25.9 Å². The van der Waals surface area contributed by atoms with Crippen molar-refractivity contribution in [1.29, 1.82) is 0 Å². The minimum Gasteiger partial charge on any atom is -0.364 e. The molecule has 1 aromatic heterocycles. The molecule has 3 aromatic rings. The quantitative estimate of drug-likeness (QED) is 0.771. The van der Waals surface area contributed by atoms with E-state index in [-0.39, 0.29) is 6.17 Å². The Morgan fingerprint density at radius 3 is 2.73 bits per heavy atom. The van der Waals surface area contributed by atoms with E-state index in [9.17, 15) is 8.78 Å². The van der Waals surface area contributed by atoms with Gasteiger partial charge in [0.1, 0.15) is 11.7 Å². The molecule has 0 aliphatic carbocycles. The van der Waals surface area contributed by atoms with Gasteiger partial charge in [0.25, 0.3) is 0 Å². The van der Waals surface area contributed by atoms with E-state index in [4.69, 9.17) is 0 Å². The molecule has 0 bridgehead atoms. The summed E-state index contributed by atoms with van der Waals surface area (Å²) in [5, 5.41) is 11.5. The Morgan fingerprint density at radius 2 is 1.95 bits per heavy atom. The third-order valence-corrected chi connectivity index (χ3v) is 3.49. The summed E-state index contributed by atoms with van der Waals surface area (Å²) in [4.78, 5) is 0. The van der Waals surface area contributed by atoms with E-state index in [1.54, 1.807) is 4.68 Å². The SMILES string of the molecule is CCCC(Nc1ccc(F)c(F)c1)n1nnc2ccccc21. The molecule has 0 saturated heterocycles. The van der Waals surface area contributed by atoms with Crippen LogP contribution in [0.3, 0.4) is 0 Å². The topological polar surface area (TPSA) is 42.7 Å². The van der Waals surface area contributed by atoms with Gasteiger partial charge in [0.05, 0.1) is 5.52 Å². The molecule has 2 aromatic carbocycles. The molecule has 6 heteroatoms. The molecule has 1 atom stereocenters. The summed E-state index contributed by atoms with van der Waals surface area (Å²) >= 11 is 0. The summed E-state index contributed by atoms with van der Waals surface area (Å²) in [5.41, 5.74) is 2.21. The maximum Gasteiger partial charge on any atom is 0.160 e. The maximum atomic E-state index is 13.4. The second-order valence-corrected chi connectivity index (χ2v) is 5.10. The van der Waals surface area contributed by atoms with E-state index in [1.165, 1.54) is 6.07 Å². The fourth-order valence-electron chi connectivity index (χ4n) is 2.42. The number of aromatic nitrogens is 3. The second-order valence-electron chi connectivity index (χ2n) is 5.10. The second kappa shape index (κ2) is 6.09. The number of halogens is 2. The summed E-state index contributed by atoms with van der Waals surface area (Å²) in [7, 11) is 0. The van der Waals surface area contributed by atoms with Crippen LogP contribution in [-0.2, 0) is 0 Å². The van der Waals surface area contributed by atoms with Crippen LogP contribution in [-0.4, -0.2) is 15.0 Å². The highest BCUT2D eigenvalue weighted by Gasteiger charge is 2.15. The first-order valence-corrected chi connectivity index (χ1v) is 7.20. The van der Waals surface area contributed by atoms with E-state index in [1.807, 2.05) is 24.3 Å². The first-order valence-electron chi connectivity index (χ1n) is 7.20. The normalized spacial score (nSPS) is 12.5. The lowest BCUT2D eigenvalue weighted by atomic mass is 10.2. The van der Waals surface area contributed by atoms with Crippen molar-refractivity contribution in [2.24, 2.45) is 0 Å². The monoisotopic (exact) mass is 302 g/mol. The number of anilines is 1. The van der Waals surface area contributed by atoms with E-state index in [0.29, 0.717) is 5.69 Å². The number of fused-ring (bicyclic) bond motifs is 1. The maximum absolute atomic E-state index is 13.4. The Labute approximate surface area is 126 Å². The molecule has 114 valence electrons. The molecule has 22 heavy (non-hydrogen) atoms. The van der Waals surface area contributed by atoms with Crippen molar-refractivity contribution in [3.63, 3.8) is 0 Å². The summed E-state index contributed by atoms with van der Waals surface area (Å²) in [6.45, 7) is 2.05. The van der Waals surface area contributed by atoms with E-state index in [0.717, 1.165) is 36.0 Å². The van der Waals surface area contributed by atoms with Gasteiger partial charge in [-0.15, -0.1) is 5.10 Å². The van der Waals surface area contributed by atoms with Crippen molar-refractivity contribution in [3.05, 3.63) is 54.1 Å². The number of nitrogens with zero attached hydrogens (tertiary/aromatic N) is 3. The van der Waals surface area contributed by atoms with E-state index < -0.39 is 11.6 Å². The lowest BCUT2D eigenvalue weighted by Crippen LogP contribution is -2.19. The van der Waals surface area contributed by atoms with Crippen LogP contribution in [0.5, 0.6) is 0 Å². The van der Waals surface area contributed by atoms with Crippen molar-refractivity contribution in [2.75, 3.05) is 5.32 Å². The summed E-state index contributed by atoms with van der Waals surface area (Å²) in [6.07, 6.45) is 1.52. The van der Waals surface area contributed by atoms with Crippen LogP contribution >= 0.6 is 0 Å². The molecule has 1 unspecified atom stereocenters. The first kappa shape index (κ1) is 14.4. The molecule has 0 amide bonds. The molecule has 0 radical (unpaired) electrons. The molecular formula is C16H16F2N4. The van der Waals surface area contributed by atoms with Crippen molar-refractivity contribution in [1.82, 2.24) is 15.0 Å². The summed E-state index contributed by atoms with van der Waals surface area (Å²) in [6, 6.07) is 11.4. The Kier molecular flexibility index (Phi) is 4.00. The van der Waals surface area contributed by atoms with Gasteiger partial charge in [0, 0.05) is 11.8 Å². The largest absolute Gasteiger partial charge is 0.364 e. The van der Waals surface area contributed by atoms with Crippen LogP contribution in [0.25, 0.3) is 11.0 Å². The van der Waals surface area contributed by atoms with Gasteiger partial charge in [0.15, 0.2) is 11.6 Å². The summed E-state index contributed by atoms with van der Waals surface area (Å²) < 4.78 is 28.2. The summed E-state index contributed by atoms with van der Waals surface area (Å²) in [5.74, 6) is -1.73. The average Bonchev–Trinajstić information content (AvgIpc) is 2.94. The third kappa shape index (κ3) is 2.77. The van der Waals surface area contributed by atoms with Gasteiger partial charge in [-0.25, -0.2) is 13.5 Å². The molecule has 1 heterocycles. The number of benzene rings is 2. The molecule has 1 N–H and O–H groups in total.